The molecule has 5 heteroatoms. The Labute approximate surface area is 173 Å². The summed E-state index contributed by atoms with van der Waals surface area (Å²) in [6.07, 6.45) is 2.03. The lowest BCUT2D eigenvalue weighted by Crippen LogP contribution is -2.50. The monoisotopic (exact) mass is 393 g/mol. The highest BCUT2D eigenvalue weighted by atomic mass is 16.3. The molecule has 1 amide bonds. The number of piperazine rings is 1. The molecule has 1 unspecified atom stereocenters. The largest absolute Gasteiger partial charge is 0.508 e. The van der Waals surface area contributed by atoms with Gasteiger partial charge in [0, 0.05) is 45.0 Å². The summed E-state index contributed by atoms with van der Waals surface area (Å²) in [5, 5.41) is 9.42. The Morgan fingerprint density at radius 1 is 1.03 bits per heavy atom. The minimum Gasteiger partial charge on any atom is -0.508 e. The van der Waals surface area contributed by atoms with E-state index in [0.29, 0.717) is 18.2 Å². The molecule has 2 aromatic carbocycles. The number of amides is 1. The van der Waals surface area contributed by atoms with E-state index in [0.717, 1.165) is 52.1 Å². The quantitative estimate of drug-likeness (QED) is 0.849. The number of rotatable bonds is 5. The Morgan fingerprint density at radius 3 is 2.52 bits per heavy atom. The third-order valence-electron chi connectivity index (χ3n) is 6.20. The van der Waals surface area contributed by atoms with Crippen LogP contribution in [-0.2, 0) is 11.2 Å². The first-order valence-corrected chi connectivity index (χ1v) is 10.7. The fourth-order valence-corrected chi connectivity index (χ4v) is 4.47. The summed E-state index contributed by atoms with van der Waals surface area (Å²) in [6, 6.07) is 16.1. The van der Waals surface area contributed by atoms with Gasteiger partial charge in [-0.15, -0.1) is 0 Å². The van der Waals surface area contributed by atoms with E-state index in [1.165, 1.54) is 16.8 Å². The third-order valence-corrected chi connectivity index (χ3v) is 6.20. The Bertz CT molecular complexity index is 828. The molecule has 2 fully saturated rings. The van der Waals surface area contributed by atoms with Crippen LogP contribution < -0.4 is 4.90 Å². The molecule has 1 atom stereocenters. The number of aryl methyl sites for hydroxylation is 1. The van der Waals surface area contributed by atoms with Gasteiger partial charge in [-0.25, -0.2) is 0 Å². The van der Waals surface area contributed by atoms with Crippen LogP contribution >= 0.6 is 0 Å². The number of hydrogen-bond acceptors (Lipinski definition) is 4. The molecule has 2 aliphatic heterocycles. The maximum absolute atomic E-state index is 12.8. The lowest BCUT2D eigenvalue weighted by molar-refractivity contribution is -0.131. The number of likely N-dealkylation sites (tertiary alicyclic amines) is 1. The molecule has 2 aromatic rings. The van der Waals surface area contributed by atoms with Crippen molar-refractivity contribution < 1.29 is 9.90 Å². The fraction of sp³-hybridized carbons (Fsp3) is 0.458. The van der Waals surface area contributed by atoms with Gasteiger partial charge in [0.05, 0.1) is 6.54 Å². The van der Waals surface area contributed by atoms with Gasteiger partial charge < -0.3 is 14.9 Å². The average molecular weight is 394 g/mol. The smallest absolute Gasteiger partial charge is 0.236 e. The van der Waals surface area contributed by atoms with Crippen molar-refractivity contribution in [3.8, 4) is 5.75 Å². The summed E-state index contributed by atoms with van der Waals surface area (Å²) in [7, 11) is 0. The SMILES string of the molecule is Cc1cccc(N2CCN(CC(=O)N3CCC(Cc4ccc(O)cc4)C3)CC2)c1. The summed E-state index contributed by atoms with van der Waals surface area (Å²) < 4.78 is 0. The second-order valence-electron chi connectivity index (χ2n) is 8.47. The van der Waals surface area contributed by atoms with Gasteiger partial charge in [-0.2, -0.15) is 0 Å². The second-order valence-corrected chi connectivity index (χ2v) is 8.47. The lowest BCUT2D eigenvalue weighted by Gasteiger charge is -2.36. The zero-order valence-corrected chi connectivity index (χ0v) is 17.3. The number of benzene rings is 2. The topological polar surface area (TPSA) is 47.0 Å². The van der Waals surface area contributed by atoms with E-state index in [2.05, 4.69) is 41.0 Å². The Morgan fingerprint density at radius 2 is 1.79 bits per heavy atom. The highest BCUT2D eigenvalue weighted by molar-refractivity contribution is 5.78. The van der Waals surface area contributed by atoms with Crippen molar-refractivity contribution in [1.29, 1.82) is 0 Å². The predicted molar refractivity (Wildman–Crippen MR) is 116 cm³/mol. The molecule has 0 radical (unpaired) electrons. The van der Waals surface area contributed by atoms with E-state index in [1.807, 2.05) is 17.0 Å². The van der Waals surface area contributed by atoms with Gasteiger partial charge >= 0.3 is 0 Å². The average Bonchev–Trinajstić information content (AvgIpc) is 3.19. The van der Waals surface area contributed by atoms with Crippen molar-refractivity contribution in [1.82, 2.24) is 9.80 Å². The summed E-state index contributed by atoms with van der Waals surface area (Å²) >= 11 is 0. The zero-order valence-electron chi connectivity index (χ0n) is 17.3. The molecule has 0 saturated carbocycles. The van der Waals surface area contributed by atoms with Crippen LogP contribution in [0.5, 0.6) is 5.75 Å². The van der Waals surface area contributed by atoms with Gasteiger partial charge in [0.1, 0.15) is 5.75 Å². The fourth-order valence-electron chi connectivity index (χ4n) is 4.47. The van der Waals surface area contributed by atoms with Crippen LogP contribution in [0.2, 0.25) is 0 Å². The molecule has 154 valence electrons. The molecular formula is C24H31N3O2. The molecule has 0 aliphatic carbocycles. The molecule has 5 nitrogen and oxygen atoms in total. The number of hydrogen-bond donors (Lipinski definition) is 1. The summed E-state index contributed by atoms with van der Waals surface area (Å²) in [5.74, 6) is 1.09. The third kappa shape index (κ3) is 5.10. The maximum atomic E-state index is 12.8. The van der Waals surface area contributed by atoms with Crippen LogP contribution in [0, 0.1) is 12.8 Å². The first kappa shape index (κ1) is 19.8. The minimum atomic E-state index is 0.266. The van der Waals surface area contributed by atoms with Crippen molar-refractivity contribution in [2.24, 2.45) is 5.92 Å². The van der Waals surface area contributed by atoms with E-state index < -0.39 is 0 Å². The van der Waals surface area contributed by atoms with Crippen LogP contribution in [0.4, 0.5) is 5.69 Å². The van der Waals surface area contributed by atoms with Crippen molar-refractivity contribution in [3.05, 3.63) is 59.7 Å². The molecular weight excluding hydrogens is 362 g/mol. The Hall–Kier alpha value is -2.53. The minimum absolute atomic E-state index is 0.266. The number of phenolic OH excluding ortho intramolecular Hbond substituents is 1. The van der Waals surface area contributed by atoms with Gasteiger partial charge in [-0.05, 0) is 61.1 Å². The molecule has 2 saturated heterocycles. The molecule has 2 aliphatic rings. The molecule has 0 aromatic heterocycles. The number of nitrogens with zero attached hydrogens (tertiary/aromatic N) is 3. The first-order valence-electron chi connectivity index (χ1n) is 10.7. The van der Waals surface area contributed by atoms with E-state index in [-0.39, 0.29) is 5.91 Å². The predicted octanol–water partition coefficient (Wildman–Crippen LogP) is 2.91. The van der Waals surface area contributed by atoms with Crippen molar-refractivity contribution >= 4 is 11.6 Å². The number of carbonyl (C=O) groups is 1. The van der Waals surface area contributed by atoms with Gasteiger partial charge in [0.25, 0.3) is 0 Å². The standard InChI is InChI=1S/C24H31N3O2/c1-19-3-2-4-22(15-19)26-13-11-25(12-14-26)18-24(29)27-10-9-21(17-27)16-20-5-7-23(28)8-6-20/h2-8,15,21,28H,9-14,16-18H2,1H3. The first-order chi connectivity index (χ1) is 14.1. The van der Waals surface area contributed by atoms with Crippen molar-refractivity contribution in [3.63, 3.8) is 0 Å². The van der Waals surface area contributed by atoms with Crippen LogP contribution in [0.25, 0.3) is 0 Å². The second kappa shape index (κ2) is 8.87. The number of carbonyl (C=O) groups excluding carboxylic acids is 1. The van der Waals surface area contributed by atoms with Crippen LogP contribution in [0.3, 0.4) is 0 Å². The number of phenols is 1. The van der Waals surface area contributed by atoms with E-state index >= 15 is 0 Å². The van der Waals surface area contributed by atoms with E-state index in [4.69, 9.17) is 0 Å². The number of anilines is 1. The van der Waals surface area contributed by atoms with E-state index in [1.54, 1.807) is 12.1 Å². The molecule has 1 N–H and O–H groups in total. The summed E-state index contributed by atoms with van der Waals surface area (Å²) in [6.45, 7) is 8.19. The van der Waals surface area contributed by atoms with Gasteiger partial charge in [-0.1, -0.05) is 24.3 Å². The molecule has 0 bridgehead atoms. The van der Waals surface area contributed by atoms with Crippen molar-refractivity contribution in [2.45, 2.75) is 19.8 Å². The Balaban J connectivity index is 1.22. The highest BCUT2D eigenvalue weighted by Crippen LogP contribution is 2.23. The van der Waals surface area contributed by atoms with Gasteiger partial charge in [0.2, 0.25) is 5.91 Å². The molecule has 29 heavy (non-hydrogen) atoms. The molecule has 0 spiro atoms. The van der Waals surface area contributed by atoms with E-state index in [9.17, 15) is 9.90 Å². The van der Waals surface area contributed by atoms with Crippen LogP contribution in [0.15, 0.2) is 48.5 Å². The highest BCUT2D eigenvalue weighted by Gasteiger charge is 2.28. The normalized spacial score (nSPS) is 20.2. The summed E-state index contributed by atoms with van der Waals surface area (Å²) in [4.78, 5) is 19.5. The van der Waals surface area contributed by atoms with Gasteiger partial charge in [-0.3, -0.25) is 9.69 Å². The maximum Gasteiger partial charge on any atom is 0.236 e. The Kier molecular flexibility index (Phi) is 6.05. The van der Waals surface area contributed by atoms with Crippen LogP contribution in [0.1, 0.15) is 17.5 Å². The lowest BCUT2D eigenvalue weighted by atomic mass is 9.99. The van der Waals surface area contributed by atoms with Gasteiger partial charge in [0.15, 0.2) is 0 Å². The zero-order chi connectivity index (χ0) is 20.2. The number of aromatic hydroxyl groups is 1. The van der Waals surface area contributed by atoms with Crippen molar-refractivity contribution in [2.75, 3.05) is 50.7 Å². The summed E-state index contributed by atoms with van der Waals surface area (Å²) in [5.41, 5.74) is 3.80. The molecule has 2 heterocycles. The van der Waals surface area contributed by atoms with Crippen LogP contribution in [-0.4, -0.2) is 66.6 Å². The molecule has 4 rings (SSSR count).